The highest BCUT2D eigenvalue weighted by atomic mass is 16.3. The van der Waals surface area contributed by atoms with Gasteiger partial charge in [0.2, 0.25) is 5.71 Å². The van der Waals surface area contributed by atoms with Gasteiger partial charge in [-0.3, -0.25) is 4.98 Å². The van der Waals surface area contributed by atoms with E-state index in [2.05, 4.69) is 33.8 Å². The summed E-state index contributed by atoms with van der Waals surface area (Å²) >= 11 is 0. The molecule has 0 saturated carbocycles. The molecule has 0 aliphatic carbocycles. The Kier molecular flexibility index (Phi) is 2.95. The molecule has 28 heavy (non-hydrogen) atoms. The van der Waals surface area contributed by atoms with E-state index in [1.807, 2.05) is 44.3 Å². The van der Waals surface area contributed by atoms with Gasteiger partial charge >= 0.3 is 0 Å². The molecule has 0 radical (unpaired) electrons. The fraction of sp³-hybridized carbons (Fsp3) is 0.0870. The van der Waals surface area contributed by atoms with Crippen molar-refractivity contribution in [3.05, 3.63) is 66.5 Å². The summed E-state index contributed by atoms with van der Waals surface area (Å²) in [4.78, 5) is 14.1. The Bertz CT molecular complexity index is 1540. The number of hydrogen-bond donors (Lipinski definition) is 0. The molecule has 0 amide bonds. The summed E-state index contributed by atoms with van der Waals surface area (Å²) in [6.07, 6.45) is 1.75. The van der Waals surface area contributed by atoms with Crippen molar-refractivity contribution in [3.63, 3.8) is 0 Å². The average molecular weight is 364 g/mol. The summed E-state index contributed by atoms with van der Waals surface area (Å²) in [5.74, 6) is 0.857. The normalized spacial score (nSPS) is 11.9. The van der Waals surface area contributed by atoms with E-state index in [4.69, 9.17) is 14.4 Å². The minimum atomic E-state index is 0.645. The summed E-state index contributed by atoms with van der Waals surface area (Å²) in [6, 6.07) is 18.4. The van der Waals surface area contributed by atoms with Gasteiger partial charge < -0.3 is 8.98 Å². The second kappa shape index (κ2) is 5.39. The average Bonchev–Trinajstić information content (AvgIpc) is 3.26. The van der Waals surface area contributed by atoms with Crippen molar-refractivity contribution in [2.24, 2.45) is 7.05 Å². The van der Waals surface area contributed by atoms with Crippen LogP contribution in [-0.2, 0) is 7.05 Å². The molecule has 0 spiro atoms. The van der Waals surface area contributed by atoms with Crippen LogP contribution in [-0.4, -0.2) is 19.5 Å². The first-order valence-corrected chi connectivity index (χ1v) is 9.20. The Morgan fingerprint density at radius 3 is 2.68 bits per heavy atom. The molecule has 4 heterocycles. The van der Waals surface area contributed by atoms with Gasteiger partial charge in [-0.1, -0.05) is 24.3 Å². The molecule has 5 heteroatoms. The summed E-state index contributed by atoms with van der Waals surface area (Å²) in [5.41, 5.74) is 6.33. The monoisotopic (exact) mass is 364 g/mol. The van der Waals surface area contributed by atoms with Crippen LogP contribution >= 0.6 is 0 Å². The Morgan fingerprint density at radius 1 is 0.893 bits per heavy atom. The maximum atomic E-state index is 6.12. The van der Waals surface area contributed by atoms with Crippen molar-refractivity contribution in [1.82, 2.24) is 19.5 Å². The molecular formula is C23H16N4O. The molecule has 0 saturated heterocycles. The number of furan rings is 1. The van der Waals surface area contributed by atoms with Gasteiger partial charge in [0.1, 0.15) is 11.4 Å². The minimum absolute atomic E-state index is 0.645. The molecule has 0 bridgehead atoms. The molecule has 6 aromatic rings. The van der Waals surface area contributed by atoms with E-state index in [0.29, 0.717) is 5.71 Å². The van der Waals surface area contributed by atoms with Crippen molar-refractivity contribution >= 4 is 44.0 Å². The fourth-order valence-corrected chi connectivity index (χ4v) is 4.03. The van der Waals surface area contributed by atoms with E-state index in [9.17, 15) is 0 Å². The van der Waals surface area contributed by atoms with E-state index >= 15 is 0 Å². The Hall–Kier alpha value is -3.73. The predicted octanol–water partition coefficient (Wildman–Crippen LogP) is 5.39. The summed E-state index contributed by atoms with van der Waals surface area (Å²) in [5, 5.41) is 3.17. The first-order valence-electron chi connectivity index (χ1n) is 9.20. The van der Waals surface area contributed by atoms with Gasteiger partial charge in [-0.2, -0.15) is 0 Å². The van der Waals surface area contributed by atoms with E-state index in [-0.39, 0.29) is 0 Å². The number of fused-ring (bicyclic) bond motifs is 6. The van der Waals surface area contributed by atoms with Gasteiger partial charge in [0.15, 0.2) is 0 Å². The van der Waals surface area contributed by atoms with Crippen LogP contribution in [0.4, 0.5) is 0 Å². The van der Waals surface area contributed by atoms with Gasteiger partial charge in [-0.05, 0) is 37.3 Å². The number of benzene rings is 2. The Labute approximate surface area is 160 Å². The molecule has 5 nitrogen and oxygen atoms in total. The third-order valence-electron chi connectivity index (χ3n) is 5.35. The summed E-state index contributed by atoms with van der Waals surface area (Å²) in [6.45, 7) is 2.01. The fourth-order valence-electron chi connectivity index (χ4n) is 4.03. The molecule has 4 aromatic heterocycles. The highest BCUT2D eigenvalue weighted by Gasteiger charge is 2.18. The second-order valence-electron chi connectivity index (χ2n) is 7.09. The van der Waals surface area contributed by atoms with Gasteiger partial charge in [-0.15, -0.1) is 0 Å². The SMILES string of the molecule is Cc1ccc2ccc3nc(-c4cccc5c4oc4ncccc45)n(C)c3c2n1. The third-order valence-corrected chi connectivity index (χ3v) is 5.35. The van der Waals surface area contributed by atoms with Gasteiger partial charge in [0.25, 0.3) is 0 Å². The first-order chi connectivity index (χ1) is 13.7. The zero-order chi connectivity index (χ0) is 18.8. The van der Waals surface area contributed by atoms with E-state index < -0.39 is 0 Å². The van der Waals surface area contributed by atoms with E-state index in [0.717, 1.165) is 55.4 Å². The smallest absolute Gasteiger partial charge is 0.227 e. The van der Waals surface area contributed by atoms with Crippen molar-refractivity contribution in [1.29, 1.82) is 0 Å². The second-order valence-corrected chi connectivity index (χ2v) is 7.09. The number of aryl methyl sites for hydroxylation is 2. The number of rotatable bonds is 1. The van der Waals surface area contributed by atoms with Gasteiger partial charge in [0.05, 0.1) is 22.1 Å². The zero-order valence-corrected chi connectivity index (χ0v) is 15.5. The highest BCUT2D eigenvalue weighted by Crippen LogP contribution is 2.36. The van der Waals surface area contributed by atoms with Crippen LogP contribution in [0, 0.1) is 6.92 Å². The van der Waals surface area contributed by atoms with Crippen LogP contribution in [0.25, 0.3) is 55.4 Å². The number of nitrogens with zero attached hydrogens (tertiary/aromatic N) is 4. The molecule has 0 N–H and O–H groups in total. The maximum Gasteiger partial charge on any atom is 0.227 e. The van der Waals surface area contributed by atoms with Crippen molar-refractivity contribution < 1.29 is 4.42 Å². The molecule has 0 aliphatic rings. The lowest BCUT2D eigenvalue weighted by Gasteiger charge is -2.05. The van der Waals surface area contributed by atoms with E-state index in [1.165, 1.54) is 0 Å². The quantitative estimate of drug-likeness (QED) is 0.392. The molecule has 2 aromatic carbocycles. The van der Waals surface area contributed by atoms with E-state index in [1.54, 1.807) is 6.20 Å². The molecule has 0 aliphatic heterocycles. The molecule has 0 atom stereocenters. The molecule has 6 rings (SSSR count). The number of hydrogen-bond acceptors (Lipinski definition) is 4. The van der Waals surface area contributed by atoms with Crippen molar-refractivity contribution in [3.8, 4) is 11.4 Å². The first kappa shape index (κ1) is 15.3. The lowest BCUT2D eigenvalue weighted by Crippen LogP contribution is -1.94. The summed E-state index contributed by atoms with van der Waals surface area (Å²) in [7, 11) is 2.04. The largest absolute Gasteiger partial charge is 0.437 e. The van der Waals surface area contributed by atoms with Crippen molar-refractivity contribution in [2.45, 2.75) is 6.92 Å². The lowest BCUT2D eigenvalue weighted by molar-refractivity contribution is 0.654. The van der Waals surface area contributed by atoms with Crippen LogP contribution in [0.5, 0.6) is 0 Å². The van der Waals surface area contributed by atoms with Gasteiger partial charge in [0, 0.05) is 35.1 Å². The highest BCUT2D eigenvalue weighted by molar-refractivity contribution is 6.09. The number of imidazole rings is 1. The van der Waals surface area contributed by atoms with Crippen LogP contribution in [0.15, 0.2) is 65.2 Å². The number of aromatic nitrogens is 4. The topological polar surface area (TPSA) is 56.7 Å². The number of para-hydroxylation sites is 1. The summed E-state index contributed by atoms with van der Waals surface area (Å²) < 4.78 is 8.23. The molecule has 0 unspecified atom stereocenters. The van der Waals surface area contributed by atoms with Crippen molar-refractivity contribution in [2.75, 3.05) is 0 Å². The Balaban J connectivity index is 1.72. The molecule has 0 fully saturated rings. The standard InChI is InChI=1S/C23H16N4O/c1-13-8-9-14-10-11-18-20(19(14)25-13)27(2)22(26-18)17-6-3-5-15-16-7-4-12-24-23(16)28-21(15)17/h3-12H,1-2H3. The van der Waals surface area contributed by atoms with Gasteiger partial charge in [-0.25, -0.2) is 9.97 Å². The predicted molar refractivity (Wildman–Crippen MR) is 111 cm³/mol. The zero-order valence-electron chi connectivity index (χ0n) is 15.5. The Morgan fingerprint density at radius 2 is 1.75 bits per heavy atom. The van der Waals surface area contributed by atoms with Crippen LogP contribution < -0.4 is 0 Å². The third kappa shape index (κ3) is 1.98. The van der Waals surface area contributed by atoms with Crippen LogP contribution in [0.2, 0.25) is 0 Å². The number of pyridine rings is 2. The maximum absolute atomic E-state index is 6.12. The molecular weight excluding hydrogens is 348 g/mol. The van der Waals surface area contributed by atoms with Crippen LogP contribution in [0.3, 0.4) is 0 Å². The minimum Gasteiger partial charge on any atom is -0.437 e. The van der Waals surface area contributed by atoms with Crippen LogP contribution in [0.1, 0.15) is 5.69 Å². The lowest BCUT2D eigenvalue weighted by atomic mass is 10.1. The molecule has 134 valence electrons.